The molecule has 0 heterocycles. The molecule has 0 aliphatic rings. The van der Waals surface area contributed by atoms with Crippen molar-refractivity contribution >= 4 is 33.2 Å². The van der Waals surface area contributed by atoms with Gasteiger partial charge in [0.05, 0.1) is 16.9 Å². The van der Waals surface area contributed by atoms with Crippen molar-refractivity contribution in [2.24, 2.45) is 0 Å². The summed E-state index contributed by atoms with van der Waals surface area (Å²) >= 11 is 3.15. The first-order valence-electron chi connectivity index (χ1n) is 5.19. The Morgan fingerprint density at radius 3 is 2.56 bits per heavy atom. The van der Waals surface area contributed by atoms with E-state index in [4.69, 9.17) is 5.73 Å². The molecule has 0 atom stereocenters. The minimum atomic E-state index is -0.587. The van der Waals surface area contributed by atoms with Crippen molar-refractivity contribution in [2.75, 3.05) is 11.1 Å². The SMILES string of the molecule is Nc1ccccc1NC(=O)c1c(F)cccc1Br. The maximum atomic E-state index is 13.6. The summed E-state index contributed by atoms with van der Waals surface area (Å²) in [6.45, 7) is 0. The number of anilines is 2. The van der Waals surface area contributed by atoms with E-state index in [9.17, 15) is 9.18 Å². The molecule has 0 aliphatic carbocycles. The maximum absolute atomic E-state index is 13.6. The average Bonchev–Trinajstić information content (AvgIpc) is 2.32. The Morgan fingerprint density at radius 2 is 1.89 bits per heavy atom. The van der Waals surface area contributed by atoms with Crippen LogP contribution in [0.4, 0.5) is 15.8 Å². The monoisotopic (exact) mass is 308 g/mol. The van der Waals surface area contributed by atoms with Gasteiger partial charge in [-0.05, 0) is 40.2 Å². The van der Waals surface area contributed by atoms with Crippen LogP contribution in [0.5, 0.6) is 0 Å². The van der Waals surface area contributed by atoms with Crippen molar-refractivity contribution in [1.82, 2.24) is 0 Å². The molecule has 0 aromatic heterocycles. The smallest absolute Gasteiger partial charge is 0.259 e. The molecule has 3 nitrogen and oxygen atoms in total. The second-order valence-corrected chi connectivity index (χ2v) is 4.49. The van der Waals surface area contributed by atoms with Gasteiger partial charge in [0.25, 0.3) is 5.91 Å². The summed E-state index contributed by atoms with van der Waals surface area (Å²) in [4.78, 5) is 12.0. The number of rotatable bonds is 2. The molecule has 18 heavy (non-hydrogen) atoms. The first kappa shape index (κ1) is 12.6. The van der Waals surface area contributed by atoms with E-state index in [1.54, 1.807) is 30.3 Å². The third-order valence-electron chi connectivity index (χ3n) is 2.40. The lowest BCUT2D eigenvalue weighted by atomic mass is 10.2. The molecule has 2 rings (SSSR count). The molecule has 0 fully saturated rings. The van der Waals surface area contributed by atoms with Gasteiger partial charge in [-0.15, -0.1) is 0 Å². The molecule has 2 aromatic carbocycles. The lowest BCUT2D eigenvalue weighted by Crippen LogP contribution is -2.15. The van der Waals surface area contributed by atoms with Crippen molar-refractivity contribution in [2.45, 2.75) is 0 Å². The van der Waals surface area contributed by atoms with Crippen LogP contribution in [0, 0.1) is 5.82 Å². The number of carbonyl (C=O) groups is 1. The van der Waals surface area contributed by atoms with Crippen LogP contribution in [0.15, 0.2) is 46.9 Å². The first-order valence-corrected chi connectivity index (χ1v) is 5.99. The van der Waals surface area contributed by atoms with Gasteiger partial charge >= 0.3 is 0 Å². The summed E-state index contributed by atoms with van der Waals surface area (Å²) < 4.78 is 14.0. The third-order valence-corrected chi connectivity index (χ3v) is 3.06. The first-order chi connectivity index (χ1) is 8.59. The van der Waals surface area contributed by atoms with E-state index < -0.39 is 11.7 Å². The van der Waals surface area contributed by atoms with Crippen LogP contribution in [-0.2, 0) is 0 Å². The minimum absolute atomic E-state index is 0.0410. The second-order valence-electron chi connectivity index (χ2n) is 3.64. The zero-order valence-corrected chi connectivity index (χ0v) is 10.9. The van der Waals surface area contributed by atoms with Crippen LogP contribution in [-0.4, -0.2) is 5.91 Å². The molecule has 1 amide bonds. The van der Waals surface area contributed by atoms with E-state index in [1.165, 1.54) is 12.1 Å². The van der Waals surface area contributed by atoms with Crippen molar-refractivity contribution in [3.8, 4) is 0 Å². The van der Waals surface area contributed by atoms with E-state index in [2.05, 4.69) is 21.2 Å². The summed E-state index contributed by atoms with van der Waals surface area (Å²) in [7, 11) is 0. The van der Waals surface area contributed by atoms with Gasteiger partial charge in [-0.3, -0.25) is 4.79 Å². The van der Waals surface area contributed by atoms with Gasteiger partial charge in [0.15, 0.2) is 0 Å². The molecule has 3 N–H and O–H groups in total. The van der Waals surface area contributed by atoms with Gasteiger partial charge in [0.1, 0.15) is 5.82 Å². The standard InChI is InChI=1S/C13H10BrFN2O/c14-8-4-3-5-9(15)12(8)13(18)17-11-7-2-1-6-10(11)16/h1-7H,16H2,(H,17,18). The fourth-order valence-electron chi connectivity index (χ4n) is 1.51. The number of carbonyl (C=O) groups excluding carboxylic acids is 1. The van der Waals surface area contributed by atoms with Crippen molar-refractivity contribution in [3.05, 3.63) is 58.3 Å². The molecule has 0 aliphatic heterocycles. The van der Waals surface area contributed by atoms with Crippen LogP contribution in [0.1, 0.15) is 10.4 Å². The Balaban J connectivity index is 2.31. The van der Waals surface area contributed by atoms with Gasteiger partial charge in [-0.25, -0.2) is 4.39 Å². The number of nitrogen functional groups attached to an aromatic ring is 1. The Bertz CT molecular complexity index is 581. The highest BCUT2D eigenvalue weighted by molar-refractivity contribution is 9.10. The fourth-order valence-corrected chi connectivity index (χ4v) is 2.03. The number of hydrogen-bond acceptors (Lipinski definition) is 2. The molecule has 0 bridgehead atoms. The highest BCUT2D eigenvalue weighted by atomic mass is 79.9. The maximum Gasteiger partial charge on any atom is 0.259 e. The van der Waals surface area contributed by atoms with Gasteiger partial charge < -0.3 is 11.1 Å². The summed E-state index contributed by atoms with van der Waals surface area (Å²) in [6.07, 6.45) is 0. The predicted molar refractivity (Wildman–Crippen MR) is 72.9 cm³/mol. The molecule has 0 unspecified atom stereocenters. The summed E-state index contributed by atoms with van der Waals surface area (Å²) in [5, 5.41) is 2.57. The van der Waals surface area contributed by atoms with Crippen LogP contribution in [0.25, 0.3) is 0 Å². The molecule has 0 saturated heterocycles. The summed E-state index contributed by atoms with van der Waals surface area (Å²) in [6, 6.07) is 11.2. The summed E-state index contributed by atoms with van der Waals surface area (Å²) in [5.41, 5.74) is 6.55. The Kier molecular flexibility index (Phi) is 3.62. The van der Waals surface area contributed by atoms with Crippen LogP contribution < -0.4 is 11.1 Å². The number of amides is 1. The quantitative estimate of drug-likeness (QED) is 0.835. The van der Waals surface area contributed by atoms with E-state index in [1.807, 2.05) is 0 Å². The Morgan fingerprint density at radius 1 is 1.17 bits per heavy atom. The lowest BCUT2D eigenvalue weighted by molar-refractivity contribution is 0.102. The normalized spacial score (nSPS) is 10.1. The number of hydrogen-bond donors (Lipinski definition) is 2. The van der Waals surface area contributed by atoms with E-state index in [-0.39, 0.29) is 5.56 Å². The number of nitrogens with one attached hydrogen (secondary N) is 1. The zero-order valence-electron chi connectivity index (χ0n) is 9.28. The zero-order chi connectivity index (χ0) is 13.1. The van der Waals surface area contributed by atoms with Crippen molar-refractivity contribution in [1.29, 1.82) is 0 Å². The van der Waals surface area contributed by atoms with Crippen LogP contribution in [0.3, 0.4) is 0 Å². The van der Waals surface area contributed by atoms with Gasteiger partial charge in [-0.2, -0.15) is 0 Å². The van der Waals surface area contributed by atoms with Crippen molar-refractivity contribution < 1.29 is 9.18 Å². The topological polar surface area (TPSA) is 55.1 Å². The number of halogens is 2. The Hall–Kier alpha value is -1.88. The largest absolute Gasteiger partial charge is 0.397 e. The predicted octanol–water partition coefficient (Wildman–Crippen LogP) is 3.42. The fraction of sp³-hybridized carbons (Fsp3) is 0. The lowest BCUT2D eigenvalue weighted by Gasteiger charge is -2.09. The molecule has 0 radical (unpaired) electrons. The number of nitrogens with two attached hydrogens (primary N) is 1. The molecule has 92 valence electrons. The molecule has 2 aromatic rings. The van der Waals surface area contributed by atoms with Gasteiger partial charge in [0, 0.05) is 4.47 Å². The summed E-state index contributed by atoms with van der Waals surface area (Å²) in [5.74, 6) is -1.13. The minimum Gasteiger partial charge on any atom is -0.397 e. The second kappa shape index (κ2) is 5.18. The molecule has 5 heteroatoms. The average molecular weight is 309 g/mol. The molecule has 0 saturated carbocycles. The van der Waals surface area contributed by atoms with Gasteiger partial charge in [-0.1, -0.05) is 18.2 Å². The highest BCUT2D eigenvalue weighted by Crippen LogP contribution is 2.23. The molecular formula is C13H10BrFN2O. The third kappa shape index (κ3) is 2.51. The number of benzene rings is 2. The van der Waals surface area contributed by atoms with E-state index >= 15 is 0 Å². The Labute approximate surface area is 112 Å². The van der Waals surface area contributed by atoms with Crippen LogP contribution in [0.2, 0.25) is 0 Å². The van der Waals surface area contributed by atoms with Gasteiger partial charge in [0.2, 0.25) is 0 Å². The van der Waals surface area contributed by atoms with Crippen molar-refractivity contribution in [3.63, 3.8) is 0 Å². The van der Waals surface area contributed by atoms with Crippen LogP contribution >= 0.6 is 15.9 Å². The van der Waals surface area contributed by atoms with E-state index in [0.717, 1.165) is 0 Å². The molecule has 0 spiro atoms. The van der Waals surface area contributed by atoms with E-state index in [0.29, 0.717) is 15.8 Å². The number of para-hydroxylation sites is 2. The highest BCUT2D eigenvalue weighted by Gasteiger charge is 2.16. The molecular weight excluding hydrogens is 299 g/mol.